The molecule has 0 unspecified atom stereocenters. The van der Waals surface area contributed by atoms with Crippen LogP contribution in [0.25, 0.3) is 72.7 Å². The van der Waals surface area contributed by atoms with Crippen LogP contribution in [0.3, 0.4) is 0 Å². The van der Waals surface area contributed by atoms with Gasteiger partial charge in [0.05, 0.1) is 33.3 Å². The Labute approximate surface area is 426 Å². The van der Waals surface area contributed by atoms with Gasteiger partial charge in [0.1, 0.15) is 11.6 Å². The molecule has 4 nitrogen and oxygen atoms in total. The summed E-state index contributed by atoms with van der Waals surface area (Å²) in [6, 6.07) is 29.1. The van der Waals surface area contributed by atoms with Crippen molar-refractivity contribution in [3.8, 4) is 67.5 Å². The topological polar surface area (TPSA) is 50.9 Å². The number of imidazole rings is 1. The monoisotopic (exact) mass is 1070 g/mol. The standard InChI is InChI=1S/C62H68N3O.Pt/c1-58(2,3)44-26-24-40(25-27-44)48-29-28-45(59(4,5)6)38-54(48)65-53-23-19-22-49(55(53)64-57(65)50-36-47(61(10,11)12)37-51(56(50)66)62(13,14)15)42-32-43(34-46(33-42)60(7,8)9)52-35-41(30-31-63-52)39-20-17-16-18-21-39;/h16-31,33-38,66H,1-15H3;/q-1;/i16D,17D,18D,20D,21D,30D,31D,35D;. The molecule has 0 spiro atoms. The first-order chi connectivity index (χ1) is 34.1. The Balaban J connectivity index is 0.00000820. The molecule has 0 aliphatic heterocycles. The molecular weight excluding hydrogens is 998 g/mol. The van der Waals surface area contributed by atoms with Gasteiger partial charge in [-0.05, 0) is 84.7 Å². The van der Waals surface area contributed by atoms with Gasteiger partial charge in [-0.25, -0.2) is 4.98 Å². The van der Waals surface area contributed by atoms with Crippen LogP contribution in [-0.4, -0.2) is 19.6 Å². The van der Waals surface area contributed by atoms with E-state index < -0.39 is 53.3 Å². The average Bonchev–Trinajstić information content (AvgIpc) is 3.70. The molecule has 0 radical (unpaired) electrons. The van der Waals surface area contributed by atoms with Crippen LogP contribution >= 0.6 is 0 Å². The Bertz CT molecular complexity index is 3540. The van der Waals surface area contributed by atoms with Crippen LogP contribution < -0.4 is 0 Å². The number of rotatable bonds is 6. The van der Waals surface area contributed by atoms with Gasteiger partial charge < -0.3 is 5.11 Å². The minimum atomic E-state index is -0.607. The Hall–Kier alpha value is -5.57. The van der Waals surface area contributed by atoms with Crippen molar-refractivity contribution in [2.24, 2.45) is 0 Å². The van der Waals surface area contributed by atoms with E-state index in [0.29, 0.717) is 33.6 Å². The van der Waals surface area contributed by atoms with Crippen LogP contribution in [0.1, 0.15) is 143 Å². The van der Waals surface area contributed by atoms with Crippen molar-refractivity contribution in [1.29, 1.82) is 0 Å². The quantitative estimate of drug-likeness (QED) is 0.169. The van der Waals surface area contributed by atoms with E-state index >= 15 is 0 Å². The molecule has 67 heavy (non-hydrogen) atoms. The second-order valence-electron chi connectivity index (χ2n) is 22.8. The molecule has 5 heteroatoms. The van der Waals surface area contributed by atoms with Crippen LogP contribution in [-0.2, 0) is 48.1 Å². The van der Waals surface area contributed by atoms with Gasteiger partial charge in [-0.1, -0.05) is 206 Å². The zero-order valence-electron chi connectivity index (χ0n) is 49.7. The summed E-state index contributed by atoms with van der Waals surface area (Å²) in [6.45, 7) is 32.2. The number of benzene rings is 6. The Morgan fingerprint density at radius 1 is 0.537 bits per heavy atom. The van der Waals surface area contributed by atoms with E-state index in [1.807, 2.05) is 30.3 Å². The van der Waals surface area contributed by atoms with E-state index in [-0.39, 0.29) is 65.9 Å². The Morgan fingerprint density at radius 3 is 1.75 bits per heavy atom. The summed E-state index contributed by atoms with van der Waals surface area (Å²) in [7, 11) is 0. The number of aromatic nitrogens is 3. The van der Waals surface area contributed by atoms with Gasteiger partial charge in [0.25, 0.3) is 0 Å². The molecule has 0 atom stereocenters. The summed E-state index contributed by atoms with van der Waals surface area (Å²) in [5.74, 6) is 0.680. The smallest absolute Gasteiger partial charge is 0.148 e. The normalized spacial score (nSPS) is 14.3. The molecule has 0 aliphatic carbocycles. The largest absolute Gasteiger partial charge is 0.507 e. The average molecular weight is 1070 g/mol. The number of phenols is 1. The molecule has 0 fully saturated rings. The summed E-state index contributed by atoms with van der Waals surface area (Å²) in [5.41, 5.74) is 9.31. The summed E-state index contributed by atoms with van der Waals surface area (Å²) >= 11 is 0. The maximum Gasteiger partial charge on any atom is 0.148 e. The molecule has 2 heterocycles. The van der Waals surface area contributed by atoms with Gasteiger partial charge in [0.2, 0.25) is 0 Å². The van der Waals surface area contributed by atoms with Crippen LogP contribution in [0.2, 0.25) is 0 Å². The number of para-hydroxylation sites is 1. The second-order valence-corrected chi connectivity index (χ2v) is 22.8. The van der Waals surface area contributed by atoms with E-state index in [9.17, 15) is 6.48 Å². The van der Waals surface area contributed by atoms with Gasteiger partial charge >= 0.3 is 0 Å². The van der Waals surface area contributed by atoms with Gasteiger partial charge in [-0.3, -0.25) is 9.55 Å². The zero-order valence-corrected chi connectivity index (χ0v) is 44.0. The van der Waals surface area contributed by atoms with E-state index in [2.05, 4.69) is 174 Å². The molecule has 8 aromatic rings. The number of hydrogen-bond donors (Lipinski definition) is 1. The van der Waals surface area contributed by atoms with Crippen LogP contribution in [0.4, 0.5) is 0 Å². The predicted octanol–water partition coefficient (Wildman–Crippen LogP) is 16.7. The molecule has 0 aliphatic rings. The maximum absolute atomic E-state index is 12.7. The summed E-state index contributed by atoms with van der Waals surface area (Å²) in [6.07, 6.45) is -0.521. The molecule has 0 saturated carbocycles. The molecule has 0 saturated heterocycles. The first-order valence-electron chi connectivity index (χ1n) is 26.9. The van der Waals surface area contributed by atoms with Crippen molar-refractivity contribution in [2.45, 2.75) is 131 Å². The predicted molar refractivity (Wildman–Crippen MR) is 280 cm³/mol. The third-order valence-corrected chi connectivity index (χ3v) is 12.5. The van der Waals surface area contributed by atoms with Crippen molar-refractivity contribution >= 4 is 11.0 Å². The number of pyridine rings is 1. The number of nitrogens with zero attached hydrogens (tertiary/aromatic N) is 3. The summed E-state index contributed by atoms with van der Waals surface area (Å²) < 4.78 is 72.1. The molecule has 2 aromatic heterocycles. The van der Waals surface area contributed by atoms with E-state index in [4.69, 9.17) is 14.6 Å². The third-order valence-electron chi connectivity index (χ3n) is 12.5. The van der Waals surface area contributed by atoms with E-state index in [1.165, 1.54) is 5.56 Å². The van der Waals surface area contributed by atoms with Gasteiger partial charge in [-0.15, -0.1) is 29.3 Å². The summed E-state index contributed by atoms with van der Waals surface area (Å²) in [4.78, 5) is 10.1. The SMILES string of the molecule is [2H]c1nc(-c2[c-]c(-c3cccc4c3nc(-c3cc(C(C)(C)C)cc(C(C)(C)C)c3O)n4-c3cc(C(C)(C)C)ccc3-c3ccc(C(C)(C)C)cc3)cc(C(C)(C)C)c2)c([2H])c(-c2c([2H])c([2H])c([2H])c([2H])c2[2H])c1[2H].[Pt]. The molecular formula is C62H68N3OPt-. The van der Waals surface area contributed by atoms with Crippen molar-refractivity contribution in [2.75, 3.05) is 0 Å². The molecule has 348 valence electrons. The Kier molecular flexibility index (Phi) is 10.5. The van der Waals surface area contributed by atoms with Crippen LogP contribution in [0.5, 0.6) is 5.75 Å². The fourth-order valence-corrected chi connectivity index (χ4v) is 8.35. The van der Waals surface area contributed by atoms with Crippen molar-refractivity contribution in [3.05, 3.63) is 167 Å². The van der Waals surface area contributed by atoms with E-state index in [1.54, 1.807) is 0 Å². The number of hydrogen-bond acceptors (Lipinski definition) is 3. The van der Waals surface area contributed by atoms with Gasteiger partial charge in [-0.2, -0.15) is 0 Å². The molecule has 6 aromatic carbocycles. The van der Waals surface area contributed by atoms with E-state index in [0.717, 1.165) is 44.6 Å². The van der Waals surface area contributed by atoms with Gasteiger partial charge in [0.15, 0.2) is 0 Å². The Morgan fingerprint density at radius 2 is 1.13 bits per heavy atom. The van der Waals surface area contributed by atoms with Crippen LogP contribution in [0.15, 0.2) is 133 Å². The number of phenolic OH excluding ortho intramolecular Hbond substituents is 1. The number of aromatic hydroxyl groups is 1. The summed E-state index contributed by atoms with van der Waals surface area (Å²) in [5, 5.41) is 12.7. The first kappa shape index (κ1) is 39.4. The minimum absolute atomic E-state index is 0. The second kappa shape index (κ2) is 17.8. The first-order valence-corrected chi connectivity index (χ1v) is 22.9. The van der Waals surface area contributed by atoms with Crippen molar-refractivity contribution in [3.63, 3.8) is 0 Å². The fourth-order valence-electron chi connectivity index (χ4n) is 8.35. The third kappa shape index (κ3) is 10.0. The van der Waals surface area contributed by atoms with Crippen molar-refractivity contribution < 1.29 is 37.1 Å². The van der Waals surface area contributed by atoms with Gasteiger partial charge in [0, 0.05) is 44.1 Å². The molecule has 8 rings (SSSR count). The minimum Gasteiger partial charge on any atom is -0.507 e. The zero-order chi connectivity index (χ0) is 54.7. The maximum atomic E-state index is 12.7. The molecule has 0 amide bonds. The number of fused-ring (bicyclic) bond motifs is 1. The van der Waals surface area contributed by atoms with Crippen molar-refractivity contribution in [1.82, 2.24) is 14.5 Å². The molecule has 1 N–H and O–H groups in total. The fraction of sp³-hybridized carbons (Fsp3) is 0.323. The van der Waals surface area contributed by atoms with Crippen LogP contribution in [0, 0.1) is 6.07 Å². The molecule has 0 bridgehead atoms.